The molecule has 1 aromatic heterocycles. The van der Waals surface area contributed by atoms with Crippen molar-refractivity contribution in [3.63, 3.8) is 0 Å². The van der Waals surface area contributed by atoms with Gasteiger partial charge in [-0.15, -0.1) is 24.0 Å². The summed E-state index contributed by atoms with van der Waals surface area (Å²) in [6, 6.07) is 11.0. The maximum atomic E-state index is 4.77. The molecule has 1 aliphatic heterocycles. The quantitative estimate of drug-likeness (QED) is 0.335. The van der Waals surface area contributed by atoms with Gasteiger partial charge in [-0.2, -0.15) is 0 Å². The maximum Gasteiger partial charge on any atom is 0.191 e. The molecule has 6 heteroatoms. The van der Waals surface area contributed by atoms with E-state index in [1.807, 2.05) is 6.20 Å². The molecule has 158 valence electrons. The van der Waals surface area contributed by atoms with Crippen LogP contribution in [0.5, 0.6) is 0 Å². The molecule has 0 aliphatic carbocycles. The lowest BCUT2D eigenvalue weighted by molar-refractivity contribution is 0.798. The van der Waals surface area contributed by atoms with E-state index < -0.39 is 0 Å². The Balaban J connectivity index is 0.00000300. The summed E-state index contributed by atoms with van der Waals surface area (Å²) >= 11 is 0. The van der Waals surface area contributed by atoms with Gasteiger partial charge in [-0.1, -0.05) is 29.3 Å². The van der Waals surface area contributed by atoms with E-state index in [2.05, 4.69) is 71.6 Å². The Morgan fingerprint density at radius 3 is 2.45 bits per heavy atom. The second-order valence-corrected chi connectivity index (χ2v) is 7.58. The van der Waals surface area contributed by atoms with Gasteiger partial charge in [0, 0.05) is 32.4 Å². The normalized spacial score (nSPS) is 13.9. The predicted octanol–water partition coefficient (Wildman–Crippen LogP) is 4.21. The van der Waals surface area contributed by atoms with Crippen molar-refractivity contribution in [1.29, 1.82) is 0 Å². The topological polar surface area (TPSA) is 52.6 Å². The lowest BCUT2D eigenvalue weighted by Crippen LogP contribution is -2.38. The number of aromatic nitrogens is 1. The molecule has 1 fully saturated rings. The number of benzene rings is 1. The molecule has 0 amide bonds. The maximum absolute atomic E-state index is 4.77. The number of hydrogen-bond donors (Lipinski definition) is 2. The Labute approximate surface area is 192 Å². The van der Waals surface area contributed by atoms with Gasteiger partial charge < -0.3 is 15.5 Å². The predicted molar refractivity (Wildman–Crippen MR) is 134 cm³/mol. The standard InChI is InChI=1S/C23H33N5.HI/c1-4-24-23(26-10-7-20-14-18(2)13-19(3)15-20)27-17-21-8-9-25-22(16-21)28-11-5-6-12-28;/h8-9,13-16H,4-7,10-12,17H2,1-3H3,(H2,24,26,27);1H. The molecular weight excluding hydrogens is 473 g/mol. The first-order chi connectivity index (χ1) is 13.6. The fourth-order valence-electron chi connectivity index (χ4n) is 3.73. The first-order valence-electron chi connectivity index (χ1n) is 10.4. The number of halogens is 1. The zero-order chi connectivity index (χ0) is 19.8. The molecule has 1 saturated heterocycles. The van der Waals surface area contributed by atoms with Gasteiger partial charge in [0.25, 0.3) is 0 Å². The van der Waals surface area contributed by atoms with Gasteiger partial charge in [-0.3, -0.25) is 0 Å². The largest absolute Gasteiger partial charge is 0.357 e. The number of hydrogen-bond acceptors (Lipinski definition) is 3. The summed E-state index contributed by atoms with van der Waals surface area (Å²) in [6.07, 6.45) is 5.41. The van der Waals surface area contributed by atoms with Gasteiger partial charge in [0.2, 0.25) is 0 Å². The molecule has 2 aromatic rings. The minimum atomic E-state index is 0. The Morgan fingerprint density at radius 2 is 1.76 bits per heavy atom. The summed E-state index contributed by atoms with van der Waals surface area (Å²) in [5, 5.41) is 6.81. The fourth-order valence-corrected chi connectivity index (χ4v) is 3.73. The van der Waals surface area contributed by atoms with Crippen LogP contribution in [0, 0.1) is 13.8 Å². The van der Waals surface area contributed by atoms with E-state index in [4.69, 9.17) is 4.99 Å². The zero-order valence-electron chi connectivity index (χ0n) is 17.9. The molecule has 29 heavy (non-hydrogen) atoms. The van der Waals surface area contributed by atoms with E-state index in [1.54, 1.807) is 0 Å². The lowest BCUT2D eigenvalue weighted by atomic mass is 10.1. The van der Waals surface area contributed by atoms with E-state index in [-0.39, 0.29) is 24.0 Å². The van der Waals surface area contributed by atoms with Crippen LogP contribution >= 0.6 is 24.0 Å². The molecule has 0 atom stereocenters. The highest BCUT2D eigenvalue weighted by molar-refractivity contribution is 14.0. The van der Waals surface area contributed by atoms with Crippen molar-refractivity contribution >= 4 is 35.8 Å². The summed E-state index contributed by atoms with van der Waals surface area (Å²) in [7, 11) is 0. The minimum Gasteiger partial charge on any atom is -0.357 e. The van der Waals surface area contributed by atoms with Gasteiger partial charge >= 0.3 is 0 Å². The highest BCUT2D eigenvalue weighted by atomic mass is 127. The third-order valence-corrected chi connectivity index (χ3v) is 4.99. The van der Waals surface area contributed by atoms with Crippen molar-refractivity contribution in [2.45, 2.75) is 46.6 Å². The lowest BCUT2D eigenvalue weighted by Gasteiger charge is -2.16. The summed E-state index contributed by atoms with van der Waals surface area (Å²) < 4.78 is 0. The number of rotatable bonds is 7. The molecule has 3 rings (SSSR count). The second kappa shape index (κ2) is 12.0. The molecule has 2 heterocycles. The van der Waals surface area contributed by atoms with E-state index in [9.17, 15) is 0 Å². The Bertz CT molecular complexity index is 779. The summed E-state index contributed by atoms with van der Waals surface area (Å²) in [5.74, 6) is 1.95. The van der Waals surface area contributed by atoms with Gasteiger partial charge in [-0.05, 0) is 63.3 Å². The summed E-state index contributed by atoms with van der Waals surface area (Å²) in [6.45, 7) is 11.0. The first-order valence-corrected chi connectivity index (χ1v) is 10.4. The summed E-state index contributed by atoms with van der Waals surface area (Å²) in [4.78, 5) is 11.7. The number of pyridine rings is 1. The van der Waals surface area contributed by atoms with Crippen LogP contribution in [0.4, 0.5) is 5.82 Å². The van der Waals surface area contributed by atoms with E-state index in [1.165, 1.54) is 35.1 Å². The molecule has 1 aromatic carbocycles. The monoisotopic (exact) mass is 507 g/mol. The number of aliphatic imine (C=N–C) groups is 1. The van der Waals surface area contributed by atoms with Crippen LogP contribution in [-0.2, 0) is 13.0 Å². The first kappa shape index (κ1) is 23.4. The average molecular weight is 507 g/mol. The van der Waals surface area contributed by atoms with Crippen LogP contribution in [0.2, 0.25) is 0 Å². The molecule has 0 bridgehead atoms. The van der Waals surface area contributed by atoms with Crippen molar-refractivity contribution in [2.75, 3.05) is 31.1 Å². The average Bonchev–Trinajstić information content (AvgIpc) is 3.20. The number of anilines is 1. The highest BCUT2D eigenvalue weighted by Crippen LogP contribution is 2.18. The Hall–Kier alpha value is -1.83. The number of nitrogens with zero attached hydrogens (tertiary/aromatic N) is 3. The highest BCUT2D eigenvalue weighted by Gasteiger charge is 2.13. The molecule has 1 aliphatic rings. The van der Waals surface area contributed by atoms with E-state index >= 15 is 0 Å². The van der Waals surface area contributed by atoms with Crippen molar-refractivity contribution in [2.24, 2.45) is 4.99 Å². The third-order valence-electron chi connectivity index (χ3n) is 4.99. The van der Waals surface area contributed by atoms with Crippen molar-refractivity contribution < 1.29 is 0 Å². The molecule has 2 N–H and O–H groups in total. The van der Waals surface area contributed by atoms with Crippen LogP contribution in [0.15, 0.2) is 41.5 Å². The second-order valence-electron chi connectivity index (χ2n) is 7.58. The van der Waals surface area contributed by atoms with Crippen LogP contribution < -0.4 is 15.5 Å². The smallest absolute Gasteiger partial charge is 0.191 e. The fraction of sp³-hybridized carbons (Fsp3) is 0.478. The molecule has 5 nitrogen and oxygen atoms in total. The number of aryl methyl sites for hydroxylation is 2. The minimum absolute atomic E-state index is 0. The molecule has 0 spiro atoms. The Kier molecular flexibility index (Phi) is 9.70. The summed E-state index contributed by atoms with van der Waals surface area (Å²) in [5.41, 5.74) is 5.21. The van der Waals surface area contributed by atoms with Gasteiger partial charge in [-0.25, -0.2) is 9.98 Å². The van der Waals surface area contributed by atoms with Crippen LogP contribution in [0.3, 0.4) is 0 Å². The molecular formula is C23H34IN5. The molecule has 0 unspecified atom stereocenters. The van der Waals surface area contributed by atoms with Crippen LogP contribution in [0.25, 0.3) is 0 Å². The van der Waals surface area contributed by atoms with Gasteiger partial charge in [0.15, 0.2) is 5.96 Å². The van der Waals surface area contributed by atoms with Crippen molar-refractivity contribution in [3.8, 4) is 0 Å². The third kappa shape index (κ3) is 7.49. The van der Waals surface area contributed by atoms with Gasteiger partial charge in [0.05, 0.1) is 6.54 Å². The number of guanidine groups is 1. The van der Waals surface area contributed by atoms with Gasteiger partial charge in [0.1, 0.15) is 5.82 Å². The SMILES string of the molecule is CCNC(=NCc1ccnc(N2CCCC2)c1)NCCc1cc(C)cc(C)c1.I. The van der Waals surface area contributed by atoms with E-state index in [0.717, 1.165) is 44.4 Å². The van der Waals surface area contributed by atoms with Crippen molar-refractivity contribution in [1.82, 2.24) is 15.6 Å². The zero-order valence-corrected chi connectivity index (χ0v) is 20.2. The van der Waals surface area contributed by atoms with Crippen LogP contribution in [0.1, 0.15) is 42.0 Å². The van der Waals surface area contributed by atoms with Crippen LogP contribution in [-0.4, -0.2) is 37.1 Å². The van der Waals surface area contributed by atoms with Crippen molar-refractivity contribution in [3.05, 3.63) is 58.8 Å². The molecule has 0 radical (unpaired) electrons. The molecule has 0 saturated carbocycles. The van der Waals surface area contributed by atoms with E-state index in [0.29, 0.717) is 6.54 Å². The number of nitrogens with one attached hydrogen (secondary N) is 2. The Morgan fingerprint density at radius 1 is 1.03 bits per heavy atom.